The van der Waals surface area contributed by atoms with Gasteiger partial charge in [0.1, 0.15) is 0 Å². The summed E-state index contributed by atoms with van der Waals surface area (Å²) in [4.78, 5) is 22.1. The molecule has 0 aliphatic heterocycles. The first-order valence-corrected chi connectivity index (χ1v) is 5.77. The topological polar surface area (TPSA) is 65.1 Å². The van der Waals surface area contributed by atoms with Gasteiger partial charge in [-0.25, -0.2) is 0 Å². The van der Waals surface area contributed by atoms with Gasteiger partial charge in [0, 0.05) is 30.1 Å². The monoisotopic (exact) mass is 246 g/mol. The molecule has 0 aliphatic rings. The van der Waals surface area contributed by atoms with Crippen LogP contribution in [-0.4, -0.2) is 9.49 Å². The second kappa shape index (κ2) is 4.60. The minimum absolute atomic E-state index is 0.0391. The van der Waals surface area contributed by atoms with E-state index < -0.39 is 4.92 Å². The highest BCUT2D eigenvalue weighted by Crippen LogP contribution is 2.20. The van der Waals surface area contributed by atoms with Gasteiger partial charge in [-0.3, -0.25) is 14.9 Å². The largest absolute Gasteiger partial charge is 0.308 e. The normalized spacial score (nSPS) is 11.1. The second-order valence-corrected chi connectivity index (χ2v) is 4.68. The fourth-order valence-electron chi connectivity index (χ4n) is 1.96. The molecule has 5 nitrogen and oxygen atoms in total. The summed E-state index contributed by atoms with van der Waals surface area (Å²) in [5.41, 5.74) is 0.698. The Balaban J connectivity index is 2.67. The number of pyridine rings is 1. The predicted molar refractivity (Wildman–Crippen MR) is 69.7 cm³/mol. The van der Waals surface area contributed by atoms with Gasteiger partial charge in [-0.1, -0.05) is 13.8 Å². The van der Waals surface area contributed by atoms with Crippen LogP contribution in [0.4, 0.5) is 5.69 Å². The Morgan fingerprint density at radius 2 is 2.00 bits per heavy atom. The zero-order valence-electron chi connectivity index (χ0n) is 10.3. The van der Waals surface area contributed by atoms with Crippen molar-refractivity contribution >= 4 is 16.6 Å². The van der Waals surface area contributed by atoms with E-state index in [0.29, 0.717) is 17.8 Å². The lowest BCUT2D eigenvalue weighted by Gasteiger charge is -2.11. The van der Waals surface area contributed by atoms with Gasteiger partial charge in [0.05, 0.1) is 10.4 Å². The molecule has 0 bridgehead atoms. The van der Waals surface area contributed by atoms with Gasteiger partial charge < -0.3 is 4.57 Å². The Bertz CT molecular complexity index is 659. The molecule has 0 fully saturated rings. The van der Waals surface area contributed by atoms with Crippen molar-refractivity contribution in [1.82, 2.24) is 4.57 Å². The van der Waals surface area contributed by atoms with E-state index >= 15 is 0 Å². The standard InChI is InChI=1S/C13H14N2O3/c1-9(2)8-14-12-5-4-11(15(17)18)7-10(12)3-6-13(14)16/h3-7,9H,8H2,1-2H3. The fourth-order valence-corrected chi connectivity index (χ4v) is 1.96. The number of benzene rings is 1. The molecule has 0 unspecified atom stereocenters. The van der Waals surface area contributed by atoms with Crippen LogP contribution >= 0.6 is 0 Å². The number of hydrogen-bond donors (Lipinski definition) is 0. The van der Waals surface area contributed by atoms with Crippen LogP contribution in [-0.2, 0) is 6.54 Å². The van der Waals surface area contributed by atoms with Gasteiger partial charge in [-0.05, 0) is 18.1 Å². The van der Waals surface area contributed by atoms with Crippen LogP contribution in [0.15, 0.2) is 35.1 Å². The molecule has 0 saturated carbocycles. The SMILES string of the molecule is CC(C)Cn1c(=O)ccc2cc([N+](=O)[O-])ccc21. The van der Waals surface area contributed by atoms with Crippen LogP contribution in [0.2, 0.25) is 0 Å². The van der Waals surface area contributed by atoms with E-state index in [2.05, 4.69) is 0 Å². The molecule has 0 N–H and O–H groups in total. The number of nitrogens with zero attached hydrogens (tertiary/aromatic N) is 2. The zero-order valence-corrected chi connectivity index (χ0v) is 10.3. The molecule has 2 rings (SSSR count). The van der Waals surface area contributed by atoms with E-state index in [4.69, 9.17) is 0 Å². The molecule has 5 heteroatoms. The van der Waals surface area contributed by atoms with E-state index in [0.717, 1.165) is 5.52 Å². The molecule has 1 aromatic heterocycles. The molecular weight excluding hydrogens is 232 g/mol. The molecular formula is C13H14N2O3. The predicted octanol–water partition coefficient (Wildman–Crippen LogP) is 2.57. The van der Waals surface area contributed by atoms with Crippen LogP contribution in [0, 0.1) is 16.0 Å². The smallest absolute Gasteiger partial charge is 0.270 e. The van der Waals surface area contributed by atoms with Crippen molar-refractivity contribution in [2.45, 2.75) is 20.4 Å². The lowest BCUT2D eigenvalue weighted by Crippen LogP contribution is -2.21. The van der Waals surface area contributed by atoms with Gasteiger partial charge in [-0.2, -0.15) is 0 Å². The summed E-state index contributed by atoms with van der Waals surface area (Å²) in [5, 5.41) is 11.4. The molecule has 1 heterocycles. The van der Waals surface area contributed by atoms with Crippen molar-refractivity contribution in [1.29, 1.82) is 0 Å². The first kappa shape index (κ1) is 12.3. The first-order valence-electron chi connectivity index (χ1n) is 5.77. The Kier molecular flexibility index (Phi) is 3.14. The fraction of sp³-hybridized carbons (Fsp3) is 0.308. The minimum Gasteiger partial charge on any atom is -0.308 e. The summed E-state index contributed by atoms with van der Waals surface area (Å²) in [6.07, 6.45) is 0. The third-order valence-corrected chi connectivity index (χ3v) is 2.73. The lowest BCUT2D eigenvalue weighted by molar-refractivity contribution is -0.384. The van der Waals surface area contributed by atoms with Crippen molar-refractivity contribution < 1.29 is 4.92 Å². The van der Waals surface area contributed by atoms with E-state index in [1.165, 1.54) is 18.2 Å². The number of nitro groups is 1. The zero-order chi connectivity index (χ0) is 13.3. The molecule has 2 aromatic rings. The van der Waals surface area contributed by atoms with Gasteiger partial charge in [0.2, 0.25) is 0 Å². The molecule has 0 amide bonds. The Morgan fingerprint density at radius 3 is 2.61 bits per heavy atom. The molecule has 94 valence electrons. The van der Waals surface area contributed by atoms with Crippen molar-refractivity contribution in [3.63, 3.8) is 0 Å². The third kappa shape index (κ3) is 2.25. The van der Waals surface area contributed by atoms with Gasteiger partial charge >= 0.3 is 0 Å². The van der Waals surface area contributed by atoms with Crippen molar-refractivity contribution in [3.8, 4) is 0 Å². The number of hydrogen-bond acceptors (Lipinski definition) is 3. The highest BCUT2D eigenvalue weighted by atomic mass is 16.6. The highest BCUT2D eigenvalue weighted by Gasteiger charge is 2.09. The molecule has 18 heavy (non-hydrogen) atoms. The van der Waals surface area contributed by atoms with E-state index in [1.807, 2.05) is 13.8 Å². The van der Waals surface area contributed by atoms with Gasteiger partial charge in [0.25, 0.3) is 11.2 Å². The summed E-state index contributed by atoms with van der Waals surface area (Å²) >= 11 is 0. The molecule has 0 saturated heterocycles. The van der Waals surface area contributed by atoms with Crippen LogP contribution in [0.25, 0.3) is 10.9 Å². The average molecular weight is 246 g/mol. The maximum atomic E-state index is 11.8. The number of fused-ring (bicyclic) bond motifs is 1. The molecule has 0 spiro atoms. The highest BCUT2D eigenvalue weighted by molar-refractivity contribution is 5.81. The summed E-state index contributed by atoms with van der Waals surface area (Å²) in [7, 11) is 0. The quantitative estimate of drug-likeness (QED) is 0.617. The third-order valence-electron chi connectivity index (χ3n) is 2.73. The maximum absolute atomic E-state index is 11.8. The van der Waals surface area contributed by atoms with Gasteiger partial charge in [0.15, 0.2) is 0 Å². The Hall–Kier alpha value is -2.17. The van der Waals surface area contributed by atoms with E-state index in [1.54, 1.807) is 16.7 Å². The van der Waals surface area contributed by atoms with Crippen LogP contribution in [0.3, 0.4) is 0 Å². The van der Waals surface area contributed by atoms with E-state index in [9.17, 15) is 14.9 Å². The van der Waals surface area contributed by atoms with Crippen molar-refractivity contribution in [2.75, 3.05) is 0 Å². The molecule has 0 atom stereocenters. The number of nitro benzene ring substituents is 1. The maximum Gasteiger partial charge on any atom is 0.270 e. The summed E-state index contributed by atoms with van der Waals surface area (Å²) in [6, 6.07) is 7.64. The minimum atomic E-state index is -0.433. The summed E-state index contributed by atoms with van der Waals surface area (Å²) < 4.78 is 1.66. The van der Waals surface area contributed by atoms with Crippen LogP contribution < -0.4 is 5.56 Å². The van der Waals surface area contributed by atoms with E-state index in [-0.39, 0.29) is 11.2 Å². The Morgan fingerprint density at radius 1 is 1.28 bits per heavy atom. The first-order chi connectivity index (χ1) is 8.49. The van der Waals surface area contributed by atoms with Crippen molar-refractivity contribution in [2.24, 2.45) is 5.92 Å². The van der Waals surface area contributed by atoms with Crippen LogP contribution in [0.1, 0.15) is 13.8 Å². The number of aromatic nitrogens is 1. The van der Waals surface area contributed by atoms with Crippen molar-refractivity contribution in [3.05, 3.63) is 50.8 Å². The molecule has 1 aromatic carbocycles. The summed E-state index contributed by atoms with van der Waals surface area (Å²) in [5.74, 6) is 0.337. The molecule has 0 radical (unpaired) electrons. The average Bonchev–Trinajstić information content (AvgIpc) is 2.31. The number of rotatable bonds is 3. The summed E-state index contributed by atoms with van der Waals surface area (Å²) in [6.45, 7) is 4.65. The van der Waals surface area contributed by atoms with Gasteiger partial charge in [-0.15, -0.1) is 0 Å². The lowest BCUT2D eigenvalue weighted by atomic mass is 10.1. The second-order valence-electron chi connectivity index (χ2n) is 4.68. The Labute approximate surface area is 104 Å². The molecule has 0 aliphatic carbocycles. The number of non-ortho nitro benzene ring substituents is 1. The van der Waals surface area contributed by atoms with Crippen LogP contribution in [0.5, 0.6) is 0 Å².